The van der Waals surface area contributed by atoms with Crippen molar-refractivity contribution >= 4 is 10.8 Å². The average molecular weight is 313 g/mol. The van der Waals surface area contributed by atoms with Gasteiger partial charge in [-0.1, -0.05) is 30.3 Å². The summed E-state index contributed by atoms with van der Waals surface area (Å²) >= 11 is 0. The van der Waals surface area contributed by atoms with E-state index in [2.05, 4.69) is 27.1 Å². The molecule has 0 atom stereocenters. The summed E-state index contributed by atoms with van der Waals surface area (Å²) in [6, 6.07) is 19.8. The van der Waals surface area contributed by atoms with Gasteiger partial charge >= 0.3 is 0 Å². The SMILES string of the molecule is Cc1cc(Oc2ccc3ccccc3c2)nc(-c2cccnc2)n1. The van der Waals surface area contributed by atoms with Crippen LogP contribution in [-0.4, -0.2) is 15.0 Å². The number of hydrogen-bond donors (Lipinski definition) is 0. The highest BCUT2D eigenvalue weighted by molar-refractivity contribution is 5.83. The van der Waals surface area contributed by atoms with Crippen LogP contribution in [0.3, 0.4) is 0 Å². The minimum absolute atomic E-state index is 0.525. The van der Waals surface area contributed by atoms with Crippen LogP contribution in [0.2, 0.25) is 0 Å². The highest BCUT2D eigenvalue weighted by Crippen LogP contribution is 2.26. The molecule has 0 bridgehead atoms. The lowest BCUT2D eigenvalue weighted by atomic mass is 10.1. The fraction of sp³-hybridized carbons (Fsp3) is 0.0500. The molecule has 0 aliphatic rings. The molecule has 0 saturated heterocycles. The highest BCUT2D eigenvalue weighted by Gasteiger charge is 2.07. The number of nitrogens with zero attached hydrogens (tertiary/aromatic N) is 3. The molecule has 4 rings (SSSR count). The molecule has 0 N–H and O–H groups in total. The summed E-state index contributed by atoms with van der Waals surface area (Å²) in [5, 5.41) is 2.31. The van der Waals surface area contributed by atoms with Crippen molar-refractivity contribution in [1.29, 1.82) is 0 Å². The fourth-order valence-electron chi connectivity index (χ4n) is 2.57. The summed E-state index contributed by atoms with van der Waals surface area (Å²) in [5.41, 5.74) is 1.71. The molecule has 2 aromatic heterocycles. The summed E-state index contributed by atoms with van der Waals surface area (Å²) in [5.74, 6) is 1.89. The first-order chi connectivity index (χ1) is 11.8. The topological polar surface area (TPSA) is 47.9 Å². The fourth-order valence-corrected chi connectivity index (χ4v) is 2.57. The molecule has 2 heterocycles. The Morgan fingerprint density at radius 1 is 0.833 bits per heavy atom. The maximum Gasteiger partial charge on any atom is 0.223 e. The van der Waals surface area contributed by atoms with Crippen LogP contribution in [0.15, 0.2) is 73.1 Å². The lowest BCUT2D eigenvalue weighted by Crippen LogP contribution is -1.96. The Hall–Kier alpha value is -3.27. The van der Waals surface area contributed by atoms with Crippen molar-refractivity contribution < 1.29 is 4.74 Å². The normalized spacial score (nSPS) is 10.7. The lowest BCUT2D eigenvalue weighted by Gasteiger charge is -2.08. The quantitative estimate of drug-likeness (QED) is 0.545. The van der Waals surface area contributed by atoms with E-state index in [1.807, 2.05) is 55.5 Å². The van der Waals surface area contributed by atoms with Gasteiger partial charge in [-0.15, -0.1) is 0 Å². The van der Waals surface area contributed by atoms with Crippen LogP contribution >= 0.6 is 0 Å². The predicted octanol–water partition coefficient (Wildman–Crippen LogP) is 4.79. The summed E-state index contributed by atoms with van der Waals surface area (Å²) in [7, 11) is 0. The minimum Gasteiger partial charge on any atom is -0.439 e. The minimum atomic E-state index is 0.525. The van der Waals surface area contributed by atoms with Gasteiger partial charge in [0.05, 0.1) is 0 Å². The van der Waals surface area contributed by atoms with Gasteiger partial charge in [-0.3, -0.25) is 4.98 Å². The van der Waals surface area contributed by atoms with Gasteiger partial charge in [0.25, 0.3) is 0 Å². The van der Waals surface area contributed by atoms with Crippen LogP contribution in [0.1, 0.15) is 5.69 Å². The molecule has 4 aromatic rings. The Balaban J connectivity index is 1.69. The number of ether oxygens (including phenoxy) is 1. The third kappa shape index (κ3) is 2.94. The van der Waals surface area contributed by atoms with Crippen molar-refractivity contribution in [2.45, 2.75) is 6.92 Å². The van der Waals surface area contributed by atoms with E-state index in [1.165, 1.54) is 5.39 Å². The molecule has 0 spiro atoms. The molecular weight excluding hydrogens is 298 g/mol. The highest BCUT2D eigenvalue weighted by atomic mass is 16.5. The number of aromatic nitrogens is 3. The van der Waals surface area contributed by atoms with Crippen LogP contribution in [0.4, 0.5) is 0 Å². The third-order valence-corrected chi connectivity index (χ3v) is 3.69. The largest absolute Gasteiger partial charge is 0.439 e. The van der Waals surface area contributed by atoms with E-state index in [0.717, 1.165) is 22.4 Å². The molecule has 0 saturated carbocycles. The predicted molar refractivity (Wildman–Crippen MR) is 94.0 cm³/mol. The van der Waals surface area contributed by atoms with Crippen molar-refractivity contribution in [3.05, 3.63) is 78.8 Å². The Bertz CT molecular complexity index is 1000. The van der Waals surface area contributed by atoms with E-state index in [1.54, 1.807) is 12.4 Å². The molecule has 24 heavy (non-hydrogen) atoms. The zero-order valence-electron chi connectivity index (χ0n) is 13.2. The molecule has 0 aliphatic carbocycles. The second-order valence-electron chi connectivity index (χ2n) is 5.52. The zero-order valence-corrected chi connectivity index (χ0v) is 13.2. The molecule has 2 aromatic carbocycles. The molecule has 0 fully saturated rings. The lowest BCUT2D eigenvalue weighted by molar-refractivity contribution is 0.462. The standard InChI is InChI=1S/C20H15N3O/c1-14-11-19(23-20(22-14)17-7-4-10-21-13-17)24-18-9-8-15-5-2-3-6-16(15)12-18/h2-13H,1H3. The molecule has 0 unspecified atom stereocenters. The smallest absolute Gasteiger partial charge is 0.223 e. The Morgan fingerprint density at radius 3 is 2.54 bits per heavy atom. The van der Waals surface area contributed by atoms with Gasteiger partial charge < -0.3 is 4.74 Å². The number of pyridine rings is 1. The van der Waals surface area contributed by atoms with Crippen molar-refractivity contribution in [1.82, 2.24) is 15.0 Å². The van der Waals surface area contributed by atoms with Crippen LogP contribution in [0, 0.1) is 6.92 Å². The number of rotatable bonds is 3. The van der Waals surface area contributed by atoms with Crippen LogP contribution < -0.4 is 4.74 Å². The molecule has 0 aliphatic heterocycles. The van der Waals surface area contributed by atoms with Crippen molar-refractivity contribution in [3.63, 3.8) is 0 Å². The molecule has 4 heteroatoms. The molecular formula is C20H15N3O. The van der Waals surface area contributed by atoms with E-state index < -0.39 is 0 Å². The number of aryl methyl sites for hydroxylation is 1. The van der Waals surface area contributed by atoms with Crippen molar-refractivity contribution in [3.8, 4) is 23.0 Å². The maximum absolute atomic E-state index is 5.96. The molecule has 0 radical (unpaired) electrons. The molecule has 116 valence electrons. The average Bonchev–Trinajstić information content (AvgIpc) is 2.62. The van der Waals surface area contributed by atoms with Crippen LogP contribution in [0.5, 0.6) is 11.6 Å². The van der Waals surface area contributed by atoms with Gasteiger partial charge in [-0.05, 0) is 42.0 Å². The second-order valence-corrected chi connectivity index (χ2v) is 5.52. The van der Waals surface area contributed by atoms with Gasteiger partial charge in [0.2, 0.25) is 5.88 Å². The Kier molecular flexibility index (Phi) is 3.63. The number of fused-ring (bicyclic) bond motifs is 1. The van der Waals surface area contributed by atoms with E-state index >= 15 is 0 Å². The monoisotopic (exact) mass is 313 g/mol. The third-order valence-electron chi connectivity index (χ3n) is 3.69. The summed E-state index contributed by atoms with van der Waals surface area (Å²) in [6.07, 6.45) is 3.47. The van der Waals surface area contributed by atoms with Gasteiger partial charge in [0.1, 0.15) is 5.75 Å². The van der Waals surface area contributed by atoms with E-state index in [0.29, 0.717) is 11.7 Å². The Morgan fingerprint density at radius 2 is 1.71 bits per heavy atom. The molecule has 0 amide bonds. The summed E-state index contributed by atoms with van der Waals surface area (Å²) < 4.78 is 5.96. The van der Waals surface area contributed by atoms with E-state index in [-0.39, 0.29) is 0 Å². The number of hydrogen-bond acceptors (Lipinski definition) is 4. The summed E-state index contributed by atoms with van der Waals surface area (Å²) in [6.45, 7) is 1.93. The van der Waals surface area contributed by atoms with Crippen LogP contribution in [0.25, 0.3) is 22.2 Å². The van der Waals surface area contributed by atoms with Crippen molar-refractivity contribution in [2.24, 2.45) is 0 Å². The van der Waals surface area contributed by atoms with Crippen LogP contribution in [-0.2, 0) is 0 Å². The van der Waals surface area contributed by atoms with Gasteiger partial charge in [0, 0.05) is 29.7 Å². The van der Waals surface area contributed by atoms with E-state index in [9.17, 15) is 0 Å². The van der Waals surface area contributed by atoms with Gasteiger partial charge in [0.15, 0.2) is 5.82 Å². The van der Waals surface area contributed by atoms with Gasteiger partial charge in [-0.25, -0.2) is 4.98 Å². The van der Waals surface area contributed by atoms with Crippen molar-refractivity contribution in [2.75, 3.05) is 0 Å². The van der Waals surface area contributed by atoms with Gasteiger partial charge in [-0.2, -0.15) is 4.98 Å². The first-order valence-electron chi connectivity index (χ1n) is 7.71. The zero-order chi connectivity index (χ0) is 16.4. The first kappa shape index (κ1) is 14.3. The first-order valence-corrected chi connectivity index (χ1v) is 7.71. The Labute approximate surface area is 139 Å². The maximum atomic E-state index is 5.96. The number of benzene rings is 2. The second kappa shape index (κ2) is 6.08. The molecule has 4 nitrogen and oxygen atoms in total. The van der Waals surface area contributed by atoms with E-state index in [4.69, 9.17) is 4.74 Å². The summed E-state index contributed by atoms with van der Waals surface area (Å²) in [4.78, 5) is 13.1.